The summed E-state index contributed by atoms with van der Waals surface area (Å²) in [5.74, 6) is 0.0105. The smallest absolute Gasteiger partial charge is 0.407 e. The van der Waals surface area contributed by atoms with Gasteiger partial charge >= 0.3 is 6.09 Å². The van der Waals surface area contributed by atoms with Crippen molar-refractivity contribution < 1.29 is 32.5 Å². The first-order valence-corrected chi connectivity index (χ1v) is 14.6. The van der Waals surface area contributed by atoms with E-state index < -0.39 is 34.4 Å². The van der Waals surface area contributed by atoms with Crippen LogP contribution in [0.15, 0.2) is 59.5 Å². The molecular formula is C28H38N2O7S. The summed E-state index contributed by atoms with van der Waals surface area (Å²) < 4.78 is 45.1. The summed E-state index contributed by atoms with van der Waals surface area (Å²) in [5.41, 5.74) is 1.84. The predicted octanol–water partition coefficient (Wildman–Crippen LogP) is 3.10. The molecule has 0 aromatic heterocycles. The van der Waals surface area contributed by atoms with Crippen molar-refractivity contribution in [3.8, 4) is 0 Å². The summed E-state index contributed by atoms with van der Waals surface area (Å²) in [4.78, 5) is 13.1. The van der Waals surface area contributed by atoms with Gasteiger partial charge in [-0.2, -0.15) is 4.31 Å². The number of nitrogens with one attached hydrogen (secondary N) is 1. The van der Waals surface area contributed by atoms with Crippen LogP contribution in [0.3, 0.4) is 0 Å². The normalized spacial score (nSPS) is 22.8. The van der Waals surface area contributed by atoms with E-state index in [0.717, 1.165) is 17.5 Å². The van der Waals surface area contributed by atoms with E-state index >= 15 is 0 Å². The number of fused-ring (bicyclic) bond motifs is 1. The Morgan fingerprint density at radius 3 is 2.50 bits per heavy atom. The van der Waals surface area contributed by atoms with Gasteiger partial charge in [-0.3, -0.25) is 0 Å². The Labute approximate surface area is 225 Å². The van der Waals surface area contributed by atoms with E-state index in [-0.39, 0.29) is 42.7 Å². The lowest BCUT2D eigenvalue weighted by molar-refractivity contribution is -0.0907. The third-order valence-corrected chi connectivity index (χ3v) is 8.77. The SMILES string of the molecule is Cc1ccc(S(=O)(=O)N(CC(C)C)C[C@@H](O)[C@H](Cc2ccccc2)NC(=O)O[C@H]2CO[C@H]3OCC[C@H]32)cc1. The molecule has 208 valence electrons. The summed E-state index contributed by atoms with van der Waals surface area (Å²) in [7, 11) is -3.87. The van der Waals surface area contributed by atoms with E-state index in [9.17, 15) is 18.3 Å². The molecule has 2 aromatic carbocycles. The second kappa shape index (κ2) is 12.6. The molecule has 2 aliphatic heterocycles. The molecular weight excluding hydrogens is 508 g/mol. The van der Waals surface area contributed by atoms with Gasteiger partial charge in [0.15, 0.2) is 6.29 Å². The summed E-state index contributed by atoms with van der Waals surface area (Å²) in [6, 6.07) is 15.3. The number of aliphatic hydroxyl groups excluding tert-OH is 1. The summed E-state index contributed by atoms with van der Waals surface area (Å²) in [6.07, 6.45) is -1.61. The fraction of sp³-hybridized carbons (Fsp3) is 0.536. The fourth-order valence-corrected chi connectivity index (χ4v) is 6.52. The Balaban J connectivity index is 1.51. The molecule has 0 unspecified atom stereocenters. The number of benzene rings is 2. The number of nitrogens with zero attached hydrogens (tertiary/aromatic N) is 1. The first-order chi connectivity index (χ1) is 18.1. The van der Waals surface area contributed by atoms with Crippen molar-refractivity contribution in [1.29, 1.82) is 0 Å². The predicted molar refractivity (Wildman–Crippen MR) is 142 cm³/mol. The highest BCUT2D eigenvalue weighted by Gasteiger charge is 2.44. The highest BCUT2D eigenvalue weighted by Crippen LogP contribution is 2.33. The molecule has 2 saturated heterocycles. The zero-order valence-corrected chi connectivity index (χ0v) is 23.0. The van der Waals surface area contributed by atoms with Gasteiger partial charge in [0.05, 0.1) is 36.2 Å². The van der Waals surface area contributed by atoms with E-state index in [1.165, 1.54) is 4.31 Å². The molecule has 2 aliphatic rings. The third kappa shape index (κ3) is 7.12. The maximum Gasteiger partial charge on any atom is 0.407 e. The quantitative estimate of drug-likeness (QED) is 0.445. The van der Waals surface area contributed by atoms with Gasteiger partial charge in [0.25, 0.3) is 0 Å². The van der Waals surface area contributed by atoms with Crippen molar-refractivity contribution in [2.75, 3.05) is 26.3 Å². The number of amides is 1. The second-order valence-corrected chi connectivity index (χ2v) is 12.4. The monoisotopic (exact) mass is 546 g/mol. The van der Waals surface area contributed by atoms with Crippen LogP contribution in [0.25, 0.3) is 0 Å². The molecule has 0 aliphatic carbocycles. The summed E-state index contributed by atoms with van der Waals surface area (Å²) in [6.45, 7) is 6.59. The average molecular weight is 547 g/mol. The van der Waals surface area contributed by atoms with E-state index in [0.29, 0.717) is 13.0 Å². The van der Waals surface area contributed by atoms with Gasteiger partial charge in [0.2, 0.25) is 10.0 Å². The Kier molecular flexibility index (Phi) is 9.43. The minimum absolute atomic E-state index is 0.0144. The van der Waals surface area contributed by atoms with Crippen LogP contribution in [-0.2, 0) is 30.7 Å². The molecule has 5 atom stereocenters. The maximum absolute atomic E-state index is 13.5. The van der Waals surface area contributed by atoms with Crippen molar-refractivity contribution in [3.63, 3.8) is 0 Å². The first-order valence-electron chi connectivity index (χ1n) is 13.1. The molecule has 2 heterocycles. The Hall–Kier alpha value is -2.50. The van der Waals surface area contributed by atoms with E-state index in [1.54, 1.807) is 24.3 Å². The first kappa shape index (κ1) is 28.5. The number of rotatable bonds is 11. The summed E-state index contributed by atoms with van der Waals surface area (Å²) in [5, 5.41) is 14.1. The zero-order chi connectivity index (χ0) is 27.3. The highest BCUT2D eigenvalue weighted by atomic mass is 32.2. The van der Waals surface area contributed by atoms with E-state index in [1.807, 2.05) is 51.1 Å². The summed E-state index contributed by atoms with van der Waals surface area (Å²) >= 11 is 0. The third-order valence-electron chi connectivity index (χ3n) is 6.93. The number of ether oxygens (including phenoxy) is 3. The van der Waals surface area contributed by atoms with Crippen LogP contribution in [0.5, 0.6) is 0 Å². The molecule has 0 saturated carbocycles. The molecule has 4 rings (SSSR count). The van der Waals surface area contributed by atoms with Crippen molar-refractivity contribution >= 4 is 16.1 Å². The minimum atomic E-state index is -3.87. The maximum atomic E-state index is 13.5. The van der Waals surface area contributed by atoms with Crippen LogP contribution in [-0.4, -0.2) is 74.8 Å². The molecule has 2 N–H and O–H groups in total. The van der Waals surface area contributed by atoms with Gasteiger partial charge in [0.1, 0.15) is 6.10 Å². The van der Waals surface area contributed by atoms with Gasteiger partial charge in [0, 0.05) is 13.1 Å². The second-order valence-electron chi connectivity index (χ2n) is 10.5. The van der Waals surface area contributed by atoms with Crippen molar-refractivity contribution in [2.45, 2.75) is 63.0 Å². The lowest BCUT2D eigenvalue weighted by Crippen LogP contribution is -2.51. The van der Waals surface area contributed by atoms with Gasteiger partial charge < -0.3 is 24.6 Å². The number of hydrogen-bond acceptors (Lipinski definition) is 7. The number of carbonyl (C=O) groups is 1. The number of sulfonamides is 1. The number of aliphatic hydroxyl groups is 1. The zero-order valence-electron chi connectivity index (χ0n) is 22.2. The molecule has 0 spiro atoms. The van der Waals surface area contributed by atoms with E-state index in [2.05, 4.69) is 5.32 Å². The molecule has 9 nitrogen and oxygen atoms in total. The van der Waals surface area contributed by atoms with Crippen molar-refractivity contribution in [3.05, 3.63) is 65.7 Å². The molecule has 2 fully saturated rings. The van der Waals surface area contributed by atoms with Crippen LogP contribution in [0.2, 0.25) is 0 Å². The number of carbonyl (C=O) groups excluding carboxylic acids is 1. The van der Waals surface area contributed by atoms with Gasteiger partial charge in [-0.1, -0.05) is 61.9 Å². The standard InChI is InChI=1S/C28H38N2O7S/c1-19(2)16-30(38(33,34)22-11-9-20(3)10-12-22)17-25(31)24(15-21-7-5-4-6-8-21)29-28(32)37-26-18-36-27-23(26)13-14-35-27/h4-12,19,23-27,31H,13-18H2,1-3H3,(H,29,32)/t23-,24-,25+,26-,27+/m0/s1. The topological polar surface area (TPSA) is 114 Å². The van der Waals surface area contributed by atoms with Crippen LogP contribution < -0.4 is 5.32 Å². The van der Waals surface area contributed by atoms with Crippen molar-refractivity contribution in [1.82, 2.24) is 9.62 Å². The van der Waals surface area contributed by atoms with Crippen LogP contribution in [0.4, 0.5) is 4.79 Å². The molecule has 0 radical (unpaired) electrons. The molecule has 1 amide bonds. The molecule has 2 aromatic rings. The highest BCUT2D eigenvalue weighted by molar-refractivity contribution is 7.89. The lowest BCUT2D eigenvalue weighted by Gasteiger charge is -2.31. The molecule has 10 heteroatoms. The van der Waals surface area contributed by atoms with Gasteiger partial charge in [-0.05, 0) is 43.4 Å². The van der Waals surface area contributed by atoms with Crippen LogP contribution in [0.1, 0.15) is 31.4 Å². The van der Waals surface area contributed by atoms with Gasteiger partial charge in [-0.15, -0.1) is 0 Å². The Bertz CT molecular complexity index is 1160. The lowest BCUT2D eigenvalue weighted by atomic mass is 10.0. The van der Waals surface area contributed by atoms with E-state index in [4.69, 9.17) is 14.2 Å². The number of hydrogen-bond donors (Lipinski definition) is 2. The van der Waals surface area contributed by atoms with Gasteiger partial charge in [-0.25, -0.2) is 13.2 Å². The average Bonchev–Trinajstić information content (AvgIpc) is 3.49. The minimum Gasteiger partial charge on any atom is -0.443 e. The van der Waals surface area contributed by atoms with Crippen molar-refractivity contribution in [2.24, 2.45) is 11.8 Å². The largest absolute Gasteiger partial charge is 0.443 e. The Morgan fingerprint density at radius 1 is 1.11 bits per heavy atom. The number of aryl methyl sites for hydroxylation is 1. The fourth-order valence-electron chi connectivity index (χ4n) is 4.89. The number of alkyl carbamates (subject to hydrolysis) is 1. The molecule has 0 bridgehead atoms. The van der Waals surface area contributed by atoms with Crippen LogP contribution >= 0.6 is 0 Å². The Morgan fingerprint density at radius 2 is 1.82 bits per heavy atom. The van der Waals surface area contributed by atoms with Crippen LogP contribution in [0, 0.1) is 18.8 Å². The molecule has 38 heavy (non-hydrogen) atoms.